The zero-order valence-corrected chi connectivity index (χ0v) is 10.7. The second kappa shape index (κ2) is 9.21. The maximum Gasteiger partial charge on any atom is 0.220 e. The Hall–Kier alpha value is -0.850. The fourth-order valence-electron chi connectivity index (χ4n) is 1.77. The maximum atomic E-state index is 5.43. The molecule has 0 saturated carbocycles. The highest BCUT2D eigenvalue weighted by molar-refractivity contribution is 5.78. The minimum absolute atomic E-state index is 0.642. The first-order valence-corrected chi connectivity index (χ1v) is 6.47. The molecule has 100 valence electrons. The second-order valence-corrected chi connectivity index (χ2v) is 4.08. The van der Waals surface area contributed by atoms with Crippen LogP contribution in [0.25, 0.3) is 0 Å². The van der Waals surface area contributed by atoms with E-state index in [2.05, 4.69) is 20.9 Å². The number of hydrazine groups is 2. The van der Waals surface area contributed by atoms with Gasteiger partial charge in [0, 0.05) is 32.8 Å². The summed E-state index contributed by atoms with van der Waals surface area (Å²) in [4.78, 5) is 4.36. The van der Waals surface area contributed by atoms with Gasteiger partial charge in [-0.25, -0.2) is 10.9 Å². The van der Waals surface area contributed by atoms with Crippen LogP contribution >= 0.6 is 0 Å². The number of rotatable bonds is 6. The van der Waals surface area contributed by atoms with Gasteiger partial charge < -0.3 is 4.74 Å². The Bertz CT molecular complexity index is 216. The van der Waals surface area contributed by atoms with E-state index in [1.807, 2.05) is 6.92 Å². The molecule has 1 heterocycles. The van der Waals surface area contributed by atoms with E-state index < -0.39 is 0 Å². The molecule has 17 heavy (non-hydrogen) atoms. The highest BCUT2D eigenvalue weighted by atomic mass is 16.5. The van der Waals surface area contributed by atoms with Crippen molar-refractivity contribution in [1.82, 2.24) is 15.9 Å². The van der Waals surface area contributed by atoms with Crippen molar-refractivity contribution in [2.24, 2.45) is 10.8 Å². The molecule has 0 unspecified atom stereocenters. The first-order chi connectivity index (χ1) is 8.36. The third-order valence-electron chi connectivity index (χ3n) is 2.68. The maximum absolute atomic E-state index is 5.43. The summed E-state index contributed by atoms with van der Waals surface area (Å²) in [5.74, 6) is 6.07. The summed E-state index contributed by atoms with van der Waals surface area (Å²) in [5, 5.41) is 2.16. The van der Waals surface area contributed by atoms with Crippen LogP contribution in [-0.2, 0) is 4.74 Å². The summed E-state index contributed by atoms with van der Waals surface area (Å²) < 4.78 is 5.25. The minimum Gasteiger partial charge on any atom is -0.382 e. The minimum atomic E-state index is 0.642. The van der Waals surface area contributed by atoms with Crippen LogP contribution in [0.15, 0.2) is 4.99 Å². The Morgan fingerprint density at radius 2 is 2.12 bits per heavy atom. The first kappa shape index (κ1) is 14.2. The Kier molecular flexibility index (Phi) is 7.70. The fraction of sp³-hybridized carbons (Fsp3) is 0.909. The zero-order chi connectivity index (χ0) is 12.3. The molecule has 0 atom stereocenters. The average Bonchev–Trinajstić information content (AvgIpc) is 2.38. The van der Waals surface area contributed by atoms with Crippen LogP contribution < -0.4 is 16.7 Å². The summed E-state index contributed by atoms with van der Waals surface area (Å²) in [7, 11) is 0. The quantitative estimate of drug-likeness (QED) is 0.205. The largest absolute Gasteiger partial charge is 0.382 e. The fourth-order valence-corrected chi connectivity index (χ4v) is 1.77. The van der Waals surface area contributed by atoms with Crippen molar-refractivity contribution < 1.29 is 4.74 Å². The lowest BCUT2D eigenvalue weighted by molar-refractivity contribution is 0.146. The van der Waals surface area contributed by atoms with Gasteiger partial charge in [0.1, 0.15) is 0 Å². The number of hydrogen-bond acceptors (Lipinski definition) is 4. The van der Waals surface area contributed by atoms with Gasteiger partial charge in [-0.2, -0.15) is 0 Å². The zero-order valence-electron chi connectivity index (χ0n) is 10.7. The Labute approximate surface area is 104 Å². The SMILES string of the molecule is CCOCCCN=C(NN)NN1CCCCC1. The molecular formula is C11H25N5O. The summed E-state index contributed by atoms with van der Waals surface area (Å²) in [6.45, 7) is 6.34. The van der Waals surface area contributed by atoms with Gasteiger partial charge in [-0.3, -0.25) is 15.8 Å². The highest BCUT2D eigenvalue weighted by Crippen LogP contribution is 2.05. The number of guanidine groups is 1. The van der Waals surface area contributed by atoms with E-state index >= 15 is 0 Å². The van der Waals surface area contributed by atoms with Crippen LogP contribution in [0.5, 0.6) is 0 Å². The van der Waals surface area contributed by atoms with Gasteiger partial charge in [-0.1, -0.05) is 6.42 Å². The molecule has 0 aromatic heterocycles. The van der Waals surface area contributed by atoms with E-state index in [-0.39, 0.29) is 0 Å². The molecule has 0 aliphatic carbocycles. The number of aliphatic imine (C=N–C) groups is 1. The van der Waals surface area contributed by atoms with Gasteiger partial charge in [-0.15, -0.1) is 0 Å². The molecule has 0 radical (unpaired) electrons. The standard InChI is InChI=1S/C11H25N5O/c1-2-17-10-6-7-13-11(14-12)15-16-8-4-3-5-9-16/h2-10,12H2,1H3,(H2,13,14,15). The van der Waals surface area contributed by atoms with Gasteiger partial charge in [0.15, 0.2) is 0 Å². The van der Waals surface area contributed by atoms with E-state index in [1.165, 1.54) is 19.3 Å². The van der Waals surface area contributed by atoms with Crippen molar-refractivity contribution >= 4 is 5.96 Å². The molecule has 0 aromatic carbocycles. The van der Waals surface area contributed by atoms with Crippen LogP contribution in [0.2, 0.25) is 0 Å². The molecule has 0 amide bonds. The van der Waals surface area contributed by atoms with Crippen molar-refractivity contribution in [2.45, 2.75) is 32.6 Å². The number of nitrogens with one attached hydrogen (secondary N) is 2. The lowest BCUT2D eigenvalue weighted by Gasteiger charge is -2.28. The third kappa shape index (κ3) is 6.45. The molecule has 1 aliphatic rings. The number of hydrogen-bond donors (Lipinski definition) is 3. The molecule has 1 saturated heterocycles. The van der Waals surface area contributed by atoms with Gasteiger partial charge in [0.2, 0.25) is 5.96 Å². The molecule has 6 nitrogen and oxygen atoms in total. The predicted molar refractivity (Wildman–Crippen MR) is 69.3 cm³/mol. The lowest BCUT2D eigenvalue weighted by Crippen LogP contribution is -2.52. The van der Waals surface area contributed by atoms with Gasteiger partial charge in [-0.05, 0) is 26.2 Å². The molecule has 0 aromatic rings. The van der Waals surface area contributed by atoms with Crippen molar-refractivity contribution in [3.63, 3.8) is 0 Å². The van der Waals surface area contributed by atoms with Crippen molar-refractivity contribution in [2.75, 3.05) is 32.8 Å². The van der Waals surface area contributed by atoms with E-state index in [9.17, 15) is 0 Å². The summed E-state index contributed by atoms with van der Waals surface area (Å²) in [5.41, 5.74) is 5.80. The molecule has 1 rings (SSSR count). The van der Waals surface area contributed by atoms with Crippen LogP contribution in [-0.4, -0.2) is 43.8 Å². The molecule has 6 heteroatoms. The number of ether oxygens (including phenoxy) is 1. The Morgan fingerprint density at radius 1 is 1.35 bits per heavy atom. The third-order valence-corrected chi connectivity index (χ3v) is 2.68. The Balaban J connectivity index is 2.18. The lowest BCUT2D eigenvalue weighted by atomic mass is 10.2. The summed E-state index contributed by atoms with van der Waals surface area (Å²) in [6.07, 6.45) is 4.69. The molecule has 1 aliphatic heterocycles. The van der Waals surface area contributed by atoms with Crippen molar-refractivity contribution in [3.05, 3.63) is 0 Å². The smallest absolute Gasteiger partial charge is 0.220 e. The van der Waals surface area contributed by atoms with E-state index in [1.54, 1.807) is 0 Å². The Morgan fingerprint density at radius 3 is 2.76 bits per heavy atom. The van der Waals surface area contributed by atoms with Crippen molar-refractivity contribution in [3.8, 4) is 0 Å². The van der Waals surface area contributed by atoms with Crippen LogP contribution in [0, 0.1) is 0 Å². The van der Waals surface area contributed by atoms with Gasteiger partial charge in [0.05, 0.1) is 0 Å². The molecule has 4 N–H and O–H groups in total. The molecule has 0 bridgehead atoms. The highest BCUT2D eigenvalue weighted by Gasteiger charge is 2.10. The predicted octanol–water partition coefficient (Wildman–Crippen LogP) is 0.223. The van der Waals surface area contributed by atoms with Gasteiger partial charge in [0.25, 0.3) is 0 Å². The van der Waals surface area contributed by atoms with Crippen LogP contribution in [0.3, 0.4) is 0 Å². The second-order valence-electron chi connectivity index (χ2n) is 4.08. The van der Waals surface area contributed by atoms with E-state index in [0.717, 1.165) is 39.3 Å². The van der Waals surface area contributed by atoms with Gasteiger partial charge >= 0.3 is 0 Å². The normalized spacial score (nSPS) is 18.1. The number of nitrogens with two attached hydrogens (primary N) is 1. The average molecular weight is 243 g/mol. The molecule has 1 fully saturated rings. The summed E-state index contributed by atoms with van der Waals surface area (Å²) >= 11 is 0. The number of nitrogens with zero attached hydrogens (tertiary/aromatic N) is 2. The van der Waals surface area contributed by atoms with E-state index in [4.69, 9.17) is 10.6 Å². The van der Waals surface area contributed by atoms with Crippen LogP contribution in [0.1, 0.15) is 32.6 Å². The first-order valence-electron chi connectivity index (χ1n) is 6.47. The monoisotopic (exact) mass is 243 g/mol. The number of piperidine rings is 1. The van der Waals surface area contributed by atoms with Crippen LogP contribution in [0.4, 0.5) is 0 Å². The topological polar surface area (TPSA) is 74.9 Å². The molecule has 0 spiro atoms. The van der Waals surface area contributed by atoms with Crippen molar-refractivity contribution in [1.29, 1.82) is 0 Å². The molecular weight excluding hydrogens is 218 g/mol. The van der Waals surface area contributed by atoms with E-state index in [0.29, 0.717) is 5.96 Å². The summed E-state index contributed by atoms with van der Waals surface area (Å²) in [6, 6.07) is 0.